The van der Waals surface area contributed by atoms with E-state index in [1.54, 1.807) is 0 Å². The van der Waals surface area contributed by atoms with Crippen LogP contribution in [0.2, 0.25) is 0 Å². The lowest BCUT2D eigenvalue weighted by Gasteiger charge is -2.19. The smallest absolute Gasteiger partial charge is 0.407 e. The van der Waals surface area contributed by atoms with E-state index < -0.39 is 0 Å². The molecule has 0 fully saturated rings. The molecule has 0 saturated carbocycles. The Labute approximate surface area is 282 Å². The molecule has 45 heavy (non-hydrogen) atoms. The maximum Gasteiger partial charge on any atom is 0.407 e. The normalized spacial score (nSPS) is 12.3. The molecule has 1 atom stereocenters. The summed E-state index contributed by atoms with van der Waals surface area (Å²) < 4.78 is 17.4. The minimum Gasteiger partial charge on any atom is -0.446 e. The third kappa shape index (κ3) is 35.9. The fraction of sp³-hybridized carbons (Fsp3) is 0.975. The first-order chi connectivity index (χ1) is 22.0. The Balaban J connectivity index is 4.14. The van der Waals surface area contributed by atoms with Crippen LogP contribution in [0.1, 0.15) is 214 Å². The third-order valence-corrected chi connectivity index (χ3v) is 9.00. The second-order valence-electron chi connectivity index (χ2n) is 14.1. The van der Waals surface area contributed by atoms with Gasteiger partial charge < -0.3 is 19.5 Å². The first-order valence-corrected chi connectivity index (χ1v) is 20.2. The summed E-state index contributed by atoms with van der Waals surface area (Å²) in [5.41, 5.74) is 0. The molecule has 0 aromatic carbocycles. The molecule has 1 amide bonds. The summed E-state index contributed by atoms with van der Waals surface area (Å²) in [4.78, 5) is 12.6. The largest absolute Gasteiger partial charge is 0.446 e. The number of rotatable bonds is 36. The average molecular weight is 640 g/mol. The Hall–Kier alpha value is -0.810. The van der Waals surface area contributed by atoms with Crippen molar-refractivity contribution in [3.8, 4) is 0 Å². The summed E-state index contributed by atoms with van der Waals surface area (Å²) in [5.74, 6) is 0. The van der Waals surface area contributed by atoms with E-state index in [-0.39, 0.29) is 24.4 Å². The second-order valence-corrected chi connectivity index (χ2v) is 14.1. The topological polar surface area (TPSA) is 56.8 Å². The van der Waals surface area contributed by atoms with Gasteiger partial charge in [-0.1, -0.05) is 155 Å². The van der Waals surface area contributed by atoms with Gasteiger partial charge in [-0.3, -0.25) is 0 Å². The van der Waals surface area contributed by atoms with Crippen molar-refractivity contribution < 1.29 is 19.0 Å². The lowest BCUT2D eigenvalue weighted by atomic mass is 10.0. The molecule has 0 aliphatic rings. The van der Waals surface area contributed by atoms with Gasteiger partial charge in [0.25, 0.3) is 0 Å². The number of amides is 1. The molecular weight excluding hydrogens is 558 g/mol. The third-order valence-electron chi connectivity index (χ3n) is 9.00. The van der Waals surface area contributed by atoms with E-state index in [0.29, 0.717) is 13.2 Å². The van der Waals surface area contributed by atoms with Crippen LogP contribution >= 0.6 is 0 Å². The van der Waals surface area contributed by atoms with Crippen molar-refractivity contribution in [2.24, 2.45) is 0 Å². The Morgan fingerprint density at radius 2 is 0.889 bits per heavy atom. The van der Waals surface area contributed by atoms with Crippen molar-refractivity contribution in [1.82, 2.24) is 5.32 Å². The number of carbonyl (C=O) groups excluding carboxylic acids is 1. The number of unbranched alkanes of at least 4 members (excludes halogenated alkanes) is 22. The molecule has 0 saturated heterocycles. The molecule has 0 radical (unpaired) electrons. The molecule has 270 valence electrons. The molecule has 0 aromatic heterocycles. The Morgan fingerprint density at radius 3 is 1.29 bits per heavy atom. The summed E-state index contributed by atoms with van der Waals surface area (Å²) in [6.45, 7) is 12.7. The van der Waals surface area contributed by atoms with E-state index in [4.69, 9.17) is 14.2 Å². The molecule has 0 heterocycles. The van der Waals surface area contributed by atoms with Gasteiger partial charge in [-0.2, -0.15) is 0 Å². The van der Waals surface area contributed by atoms with E-state index in [9.17, 15) is 4.79 Å². The molecule has 5 heteroatoms. The molecule has 0 spiro atoms. The zero-order chi connectivity index (χ0) is 33.1. The van der Waals surface area contributed by atoms with Gasteiger partial charge >= 0.3 is 6.09 Å². The highest BCUT2D eigenvalue weighted by molar-refractivity contribution is 5.67. The van der Waals surface area contributed by atoms with Crippen molar-refractivity contribution in [2.45, 2.75) is 233 Å². The zero-order valence-corrected chi connectivity index (χ0v) is 31.3. The van der Waals surface area contributed by atoms with Crippen molar-refractivity contribution >= 4 is 6.09 Å². The number of nitrogens with one attached hydrogen (secondary N) is 1. The van der Waals surface area contributed by atoms with Crippen LogP contribution in [0.5, 0.6) is 0 Å². The second kappa shape index (κ2) is 36.0. The van der Waals surface area contributed by atoms with Gasteiger partial charge in [0.2, 0.25) is 0 Å². The first-order valence-electron chi connectivity index (χ1n) is 20.2. The number of carbonyl (C=O) groups is 1. The molecule has 1 unspecified atom stereocenters. The van der Waals surface area contributed by atoms with Gasteiger partial charge in [0.15, 0.2) is 0 Å². The minimum absolute atomic E-state index is 0.0495. The predicted molar refractivity (Wildman–Crippen MR) is 195 cm³/mol. The highest BCUT2D eigenvalue weighted by atomic mass is 16.6. The fourth-order valence-electron chi connectivity index (χ4n) is 5.98. The monoisotopic (exact) mass is 640 g/mol. The summed E-state index contributed by atoms with van der Waals surface area (Å²) >= 11 is 0. The van der Waals surface area contributed by atoms with Gasteiger partial charge in [-0.15, -0.1) is 0 Å². The van der Waals surface area contributed by atoms with E-state index in [1.165, 1.54) is 154 Å². The van der Waals surface area contributed by atoms with Crippen molar-refractivity contribution in [1.29, 1.82) is 0 Å². The van der Waals surface area contributed by atoms with Crippen molar-refractivity contribution in [3.05, 3.63) is 0 Å². The quantitative estimate of drug-likeness (QED) is 0.0693. The van der Waals surface area contributed by atoms with Crippen LogP contribution in [0, 0.1) is 0 Å². The molecule has 1 N–H and O–H groups in total. The van der Waals surface area contributed by atoms with Gasteiger partial charge in [0.1, 0.15) is 6.10 Å². The van der Waals surface area contributed by atoms with E-state index in [2.05, 4.69) is 39.9 Å². The molecule has 0 aliphatic heterocycles. The SMILES string of the molecule is CCCCCCCCCCCCCCC(CCCCCCCCCCCCCC)OC(=O)NCCCOC(C)CCOC(C)C. The summed E-state index contributed by atoms with van der Waals surface area (Å²) in [5, 5.41) is 2.97. The van der Waals surface area contributed by atoms with Crippen LogP contribution in [0.3, 0.4) is 0 Å². The average Bonchev–Trinajstić information content (AvgIpc) is 3.01. The van der Waals surface area contributed by atoms with Crippen LogP contribution in [0.4, 0.5) is 4.79 Å². The van der Waals surface area contributed by atoms with Crippen molar-refractivity contribution in [2.75, 3.05) is 19.8 Å². The number of hydrogen-bond acceptors (Lipinski definition) is 4. The number of ether oxygens (including phenoxy) is 3. The molecule has 0 aliphatic carbocycles. The van der Waals surface area contributed by atoms with E-state index >= 15 is 0 Å². The fourth-order valence-corrected chi connectivity index (χ4v) is 5.98. The van der Waals surface area contributed by atoms with Crippen LogP contribution in [-0.4, -0.2) is 44.2 Å². The molecule has 5 nitrogen and oxygen atoms in total. The minimum atomic E-state index is -0.253. The number of alkyl carbamates (subject to hydrolysis) is 1. The van der Waals surface area contributed by atoms with Gasteiger partial charge in [0, 0.05) is 19.8 Å². The Bertz CT molecular complexity index is 557. The van der Waals surface area contributed by atoms with Gasteiger partial charge in [-0.25, -0.2) is 4.79 Å². The lowest BCUT2D eigenvalue weighted by molar-refractivity contribution is 0.0151. The molecule has 0 bridgehead atoms. The molecular formula is C40H81NO4. The lowest BCUT2D eigenvalue weighted by Crippen LogP contribution is -2.30. The molecule has 0 aromatic rings. The summed E-state index contributed by atoms with van der Waals surface area (Å²) in [6.07, 6.45) is 36.4. The van der Waals surface area contributed by atoms with Crippen LogP contribution in [-0.2, 0) is 14.2 Å². The van der Waals surface area contributed by atoms with Gasteiger partial charge in [0.05, 0.1) is 12.2 Å². The zero-order valence-electron chi connectivity index (χ0n) is 31.3. The molecule has 0 rings (SSSR count). The van der Waals surface area contributed by atoms with Crippen LogP contribution in [0.15, 0.2) is 0 Å². The van der Waals surface area contributed by atoms with E-state index in [1.807, 2.05) is 0 Å². The Morgan fingerprint density at radius 1 is 0.489 bits per heavy atom. The summed E-state index contributed by atoms with van der Waals surface area (Å²) in [6, 6.07) is 0. The van der Waals surface area contributed by atoms with Crippen molar-refractivity contribution in [3.63, 3.8) is 0 Å². The highest BCUT2D eigenvalue weighted by Crippen LogP contribution is 2.18. The first kappa shape index (κ1) is 44.2. The maximum atomic E-state index is 12.6. The van der Waals surface area contributed by atoms with E-state index in [0.717, 1.165) is 32.3 Å². The Kier molecular flexibility index (Phi) is 35.4. The number of hydrogen-bond donors (Lipinski definition) is 1. The predicted octanol–water partition coefficient (Wildman–Crippen LogP) is 12.9. The van der Waals surface area contributed by atoms with Crippen LogP contribution < -0.4 is 5.32 Å². The maximum absolute atomic E-state index is 12.6. The highest BCUT2D eigenvalue weighted by Gasteiger charge is 2.14. The summed E-state index contributed by atoms with van der Waals surface area (Å²) in [7, 11) is 0. The van der Waals surface area contributed by atoms with Crippen LogP contribution in [0.25, 0.3) is 0 Å². The van der Waals surface area contributed by atoms with Gasteiger partial charge in [-0.05, 0) is 59.3 Å². The standard InChI is InChI=1S/C40H81NO4/c1-6-8-10-12-14-16-18-20-22-24-26-28-31-39(32-29-27-25-23-21-19-17-15-13-11-9-7-2)45-40(42)41-34-30-35-44-38(5)33-36-43-37(3)4/h37-39H,6-36H2,1-5H3,(H,41,42).